The molecule has 0 aliphatic carbocycles. The van der Waals surface area contributed by atoms with E-state index in [0.29, 0.717) is 48.6 Å². The van der Waals surface area contributed by atoms with Crippen molar-refractivity contribution < 1.29 is 37.3 Å². The van der Waals surface area contributed by atoms with Crippen molar-refractivity contribution >= 4 is 29.4 Å². The van der Waals surface area contributed by atoms with Crippen molar-refractivity contribution in [3.63, 3.8) is 0 Å². The fourth-order valence-electron chi connectivity index (χ4n) is 3.90. The van der Waals surface area contributed by atoms with Gasteiger partial charge in [0, 0.05) is 23.9 Å². The summed E-state index contributed by atoms with van der Waals surface area (Å²) in [6.45, 7) is 0.710. The molecular formula is C33H35F2N3O6. The second kappa shape index (κ2) is 17.1. The molecule has 4 N–H and O–H groups in total. The van der Waals surface area contributed by atoms with Crippen molar-refractivity contribution in [2.75, 3.05) is 31.3 Å². The van der Waals surface area contributed by atoms with E-state index in [0.717, 1.165) is 19.3 Å². The number of nitrogens with zero attached hydrogens (tertiary/aromatic N) is 1. The van der Waals surface area contributed by atoms with E-state index < -0.39 is 18.0 Å². The first kappa shape index (κ1) is 33.4. The zero-order chi connectivity index (χ0) is 31.8. The van der Waals surface area contributed by atoms with Crippen molar-refractivity contribution in [1.29, 1.82) is 5.26 Å². The summed E-state index contributed by atoms with van der Waals surface area (Å²) in [5.41, 5.74) is 12.6. The largest absolute Gasteiger partial charge is 0.494 e. The van der Waals surface area contributed by atoms with E-state index in [-0.39, 0.29) is 30.1 Å². The van der Waals surface area contributed by atoms with Crippen LogP contribution in [0.3, 0.4) is 0 Å². The van der Waals surface area contributed by atoms with Crippen LogP contribution in [-0.2, 0) is 20.4 Å². The van der Waals surface area contributed by atoms with Crippen LogP contribution < -0.4 is 20.9 Å². The Morgan fingerprint density at radius 3 is 2.07 bits per heavy atom. The fourth-order valence-corrected chi connectivity index (χ4v) is 3.90. The lowest BCUT2D eigenvalue weighted by Crippen LogP contribution is -2.21. The Hall–Kier alpha value is -5.11. The minimum atomic E-state index is -3.57. The van der Waals surface area contributed by atoms with Crippen molar-refractivity contribution in [2.45, 2.75) is 44.6 Å². The summed E-state index contributed by atoms with van der Waals surface area (Å²) in [6.07, 6.45) is 3.06. The predicted octanol–water partition coefficient (Wildman–Crippen LogP) is 6.64. The van der Waals surface area contributed by atoms with Gasteiger partial charge in [0.2, 0.25) is 0 Å². The Kier molecular flexibility index (Phi) is 13.0. The third-order valence-electron chi connectivity index (χ3n) is 6.16. The van der Waals surface area contributed by atoms with Crippen LogP contribution in [0.15, 0.2) is 72.8 Å². The number of esters is 2. The summed E-state index contributed by atoms with van der Waals surface area (Å²) in [7, 11) is 0. The molecule has 232 valence electrons. The van der Waals surface area contributed by atoms with E-state index in [9.17, 15) is 18.4 Å². The molecule has 3 aromatic rings. The summed E-state index contributed by atoms with van der Waals surface area (Å²) in [5, 5.41) is 8.54. The summed E-state index contributed by atoms with van der Waals surface area (Å²) >= 11 is 0. The van der Waals surface area contributed by atoms with Gasteiger partial charge in [-0.2, -0.15) is 14.0 Å². The van der Waals surface area contributed by atoms with E-state index in [4.69, 9.17) is 35.7 Å². The lowest BCUT2D eigenvalue weighted by Gasteiger charge is -2.18. The van der Waals surface area contributed by atoms with Crippen molar-refractivity contribution in [2.24, 2.45) is 0 Å². The molecule has 3 rings (SSSR count). The average molecular weight is 608 g/mol. The third-order valence-corrected chi connectivity index (χ3v) is 6.16. The molecule has 9 nitrogen and oxygen atoms in total. The Labute approximate surface area is 255 Å². The highest BCUT2D eigenvalue weighted by atomic mass is 19.3. The molecule has 44 heavy (non-hydrogen) atoms. The molecule has 11 heteroatoms. The van der Waals surface area contributed by atoms with Crippen LogP contribution in [0.5, 0.6) is 11.5 Å². The van der Waals surface area contributed by atoms with E-state index >= 15 is 0 Å². The van der Waals surface area contributed by atoms with Crippen molar-refractivity contribution in [3.05, 3.63) is 89.5 Å². The SMILES string of the molecule is N#CCCCCCOc1ccc(C(F)(F)Oc2ccc(/C=C/C(=O)OCCCCOC(=O)c3cc(N)cc(N)c3)cc2)cc1. The molecule has 0 atom stereocenters. The van der Waals surface area contributed by atoms with Gasteiger partial charge in [-0.3, -0.25) is 0 Å². The number of unbranched alkanes of at least 4 members (excludes halogenated alkanes) is 4. The van der Waals surface area contributed by atoms with Gasteiger partial charge in [-0.25, -0.2) is 9.59 Å². The van der Waals surface area contributed by atoms with Gasteiger partial charge >= 0.3 is 18.0 Å². The normalized spacial score (nSPS) is 11.1. The summed E-state index contributed by atoms with van der Waals surface area (Å²) < 4.78 is 50.2. The van der Waals surface area contributed by atoms with Gasteiger partial charge in [-0.05, 0) is 98.3 Å². The topological polar surface area (TPSA) is 147 Å². The summed E-state index contributed by atoms with van der Waals surface area (Å²) in [5.74, 6) is -0.691. The van der Waals surface area contributed by atoms with Crippen molar-refractivity contribution in [3.8, 4) is 17.6 Å². The van der Waals surface area contributed by atoms with E-state index in [2.05, 4.69) is 6.07 Å². The second-order valence-electron chi connectivity index (χ2n) is 9.76. The number of nitrogen functional groups attached to an aromatic ring is 2. The van der Waals surface area contributed by atoms with Gasteiger partial charge in [0.25, 0.3) is 0 Å². The number of carbonyl (C=O) groups is 2. The Morgan fingerprint density at radius 1 is 0.795 bits per heavy atom. The lowest BCUT2D eigenvalue weighted by molar-refractivity contribution is -0.185. The standard InChI is InChI=1S/C33H35F2N3O6/c34-33(35,26-10-14-29(15-11-26)41-18-4-2-1-3-17-36)44-30-12-7-24(8-13-30)9-16-31(39)42-19-5-6-20-43-32(40)25-21-27(37)23-28(38)22-25/h7-16,21-23H,1-6,18-20,37-38H2/b16-9+. The minimum Gasteiger partial charge on any atom is -0.494 e. The van der Waals surface area contributed by atoms with Crippen LogP contribution >= 0.6 is 0 Å². The number of anilines is 2. The number of nitriles is 1. The number of halogens is 2. The van der Waals surface area contributed by atoms with E-state index in [1.165, 1.54) is 78.9 Å². The highest BCUT2D eigenvalue weighted by molar-refractivity contribution is 5.91. The predicted molar refractivity (Wildman–Crippen MR) is 162 cm³/mol. The summed E-state index contributed by atoms with van der Waals surface area (Å²) in [4.78, 5) is 24.0. The molecule has 0 amide bonds. The second-order valence-corrected chi connectivity index (χ2v) is 9.76. The maximum atomic E-state index is 14.7. The molecule has 0 saturated carbocycles. The zero-order valence-corrected chi connectivity index (χ0v) is 24.2. The fraction of sp³-hybridized carbons (Fsp3) is 0.303. The maximum absolute atomic E-state index is 14.7. The number of hydrogen-bond acceptors (Lipinski definition) is 9. The molecule has 0 fully saturated rings. The van der Waals surface area contributed by atoms with Crippen LogP contribution in [-0.4, -0.2) is 31.8 Å². The molecular weight excluding hydrogens is 572 g/mol. The van der Waals surface area contributed by atoms with E-state index in [1.807, 2.05) is 0 Å². The van der Waals surface area contributed by atoms with Gasteiger partial charge < -0.3 is 30.4 Å². The number of carbonyl (C=O) groups excluding carboxylic acids is 2. The highest BCUT2D eigenvalue weighted by Crippen LogP contribution is 2.32. The zero-order valence-electron chi connectivity index (χ0n) is 24.2. The molecule has 0 aliphatic rings. The van der Waals surface area contributed by atoms with Gasteiger partial charge in [0.1, 0.15) is 11.5 Å². The smallest absolute Gasteiger partial charge is 0.426 e. The van der Waals surface area contributed by atoms with E-state index in [1.54, 1.807) is 0 Å². The monoisotopic (exact) mass is 607 g/mol. The Morgan fingerprint density at radius 2 is 1.41 bits per heavy atom. The Balaban J connectivity index is 1.35. The van der Waals surface area contributed by atoms with Crippen LogP contribution in [0.2, 0.25) is 0 Å². The average Bonchev–Trinajstić information content (AvgIpc) is 2.99. The number of hydrogen-bond donors (Lipinski definition) is 2. The molecule has 0 bridgehead atoms. The molecule has 3 aromatic carbocycles. The first-order chi connectivity index (χ1) is 21.2. The first-order valence-corrected chi connectivity index (χ1v) is 14.1. The lowest BCUT2D eigenvalue weighted by atomic mass is 10.2. The van der Waals surface area contributed by atoms with Crippen LogP contribution in [0.25, 0.3) is 6.08 Å². The minimum absolute atomic E-state index is 0.0488. The molecule has 0 saturated heterocycles. The summed E-state index contributed by atoms with van der Waals surface area (Å²) in [6, 6.07) is 17.8. The van der Waals surface area contributed by atoms with Crippen molar-refractivity contribution in [1.82, 2.24) is 0 Å². The highest BCUT2D eigenvalue weighted by Gasteiger charge is 2.34. The number of benzene rings is 3. The van der Waals surface area contributed by atoms with Gasteiger partial charge in [0.15, 0.2) is 0 Å². The first-order valence-electron chi connectivity index (χ1n) is 14.1. The maximum Gasteiger partial charge on any atom is 0.426 e. The molecule has 0 aromatic heterocycles. The van der Waals surface area contributed by atoms with Gasteiger partial charge in [-0.15, -0.1) is 0 Å². The molecule has 0 radical (unpaired) electrons. The number of rotatable bonds is 17. The number of ether oxygens (including phenoxy) is 4. The quantitative estimate of drug-likeness (QED) is 0.0746. The van der Waals surface area contributed by atoms with Gasteiger partial charge in [-0.1, -0.05) is 12.1 Å². The Bertz CT molecular complexity index is 1420. The van der Waals surface area contributed by atoms with Gasteiger partial charge in [0.05, 0.1) is 37.0 Å². The molecule has 0 aliphatic heterocycles. The van der Waals surface area contributed by atoms with Crippen LogP contribution in [0.1, 0.15) is 60.0 Å². The van der Waals surface area contributed by atoms with Crippen LogP contribution in [0.4, 0.5) is 20.2 Å². The number of alkyl halides is 2. The molecule has 0 spiro atoms. The molecule has 0 unspecified atom stereocenters. The number of nitrogens with two attached hydrogens (primary N) is 2. The third kappa shape index (κ3) is 11.6. The molecule has 0 heterocycles. The van der Waals surface area contributed by atoms with Crippen LogP contribution in [0, 0.1) is 11.3 Å².